The Labute approximate surface area is 133 Å². The molecule has 0 unspecified atom stereocenters. The number of hydrogen-bond acceptors (Lipinski definition) is 0. The summed E-state index contributed by atoms with van der Waals surface area (Å²) in [7, 11) is 0. The molecule has 0 amide bonds. The first-order chi connectivity index (χ1) is 7.18. The van der Waals surface area contributed by atoms with Crippen LogP contribution in [-0.4, -0.2) is 0 Å². The quantitative estimate of drug-likeness (QED) is 0.632. The molecule has 1 aromatic carbocycles. The molecule has 2 rings (SSSR count). The first-order valence-electron chi connectivity index (χ1n) is 5.58. The summed E-state index contributed by atoms with van der Waals surface area (Å²) in [5, 5.41) is 5.04. The molecule has 4 heteroatoms. The van der Waals surface area contributed by atoms with Crippen LogP contribution in [0.2, 0.25) is 10.5 Å². The maximum atomic E-state index is 2.52. The summed E-state index contributed by atoms with van der Waals surface area (Å²) in [6, 6.07) is 10.9. The van der Waals surface area contributed by atoms with E-state index >= 15 is 0 Å². The molecule has 0 atom stereocenters. The molecule has 0 bridgehead atoms. The summed E-state index contributed by atoms with van der Waals surface area (Å²) < 4.78 is 3.05. The van der Waals surface area contributed by atoms with Gasteiger partial charge in [-0.3, -0.25) is 0 Å². The van der Waals surface area contributed by atoms with Crippen molar-refractivity contribution in [2.75, 3.05) is 0 Å². The summed E-state index contributed by atoms with van der Waals surface area (Å²) in [5.74, 6) is 0. The van der Waals surface area contributed by atoms with Crippen LogP contribution < -0.4 is 0 Å². The van der Waals surface area contributed by atoms with Gasteiger partial charge in [0, 0.05) is 0 Å². The molecule has 1 aliphatic carbocycles. The summed E-state index contributed by atoms with van der Waals surface area (Å²) in [4.78, 5) is 0. The van der Waals surface area contributed by atoms with E-state index in [4.69, 9.17) is 0 Å². The van der Waals surface area contributed by atoms with E-state index in [1.165, 1.54) is 16.7 Å². The Hall–Kier alpha value is 0.284. The molecule has 0 fully saturated rings. The number of halogens is 3. The van der Waals surface area contributed by atoms with E-state index in [0.29, 0.717) is 0 Å². The van der Waals surface area contributed by atoms with E-state index in [1.807, 2.05) is 0 Å². The van der Waals surface area contributed by atoms with Gasteiger partial charge in [-0.15, -0.1) is 37.2 Å². The first kappa shape index (κ1) is 20.6. The standard InChI is InChI=1S/C7H7.C5H5.2CH3.3ClH.Ti/c1-7-5-3-2-4-6-7;1-2-4-5-3-1;;;;;;/h2-6H,1H2;1-3H,4H2;2*1H3;3*1H;. The molecule has 0 nitrogen and oxygen atoms in total. The normalized spacial score (nSPS) is 12.9. The SMILES string of the molecule is Cl.Cl.Cl.[CH3][Ti]([CH3])([CH2]c1ccccc1)[C]1=CC=CC1. The molecule has 102 valence electrons. The Morgan fingerprint density at radius 3 is 2.11 bits per heavy atom. The molecule has 0 spiro atoms. The van der Waals surface area contributed by atoms with Crippen molar-refractivity contribution in [3.8, 4) is 0 Å². The zero-order chi connectivity index (χ0) is 10.7. The van der Waals surface area contributed by atoms with Crippen LogP contribution in [0, 0.1) is 0 Å². The molecule has 0 aliphatic heterocycles. The van der Waals surface area contributed by atoms with Crippen LogP contribution in [0.15, 0.2) is 52.4 Å². The van der Waals surface area contributed by atoms with Crippen molar-refractivity contribution in [2.24, 2.45) is 0 Å². The summed E-state index contributed by atoms with van der Waals surface area (Å²) in [6.07, 6.45) is 8.06. The Balaban J connectivity index is 0. The third-order valence-corrected chi connectivity index (χ3v) is 8.44. The average molecular weight is 344 g/mol. The molecule has 0 N–H and O–H groups in total. The van der Waals surface area contributed by atoms with Crippen LogP contribution in [0.4, 0.5) is 0 Å². The Kier molecular flexibility index (Phi) is 10.6. The fourth-order valence-electron chi connectivity index (χ4n) is 2.17. The van der Waals surface area contributed by atoms with Crippen LogP contribution in [-0.2, 0) is 21.3 Å². The van der Waals surface area contributed by atoms with Crippen molar-refractivity contribution in [1.29, 1.82) is 0 Å². The van der Waals surface area contributed by atoms with Crippen molar-refractivity contribution in [2.45, 2.75) is 21.6 Å². The van der Waals surface area contributed by atoms with Gasteiger partial charge < -0.3 is 0 Å². The van der Waals surface area contributed by atoms with E-state index < -0.39 is 16.6 Å². The molecule has 0 aromatic heterocycles. The van der Waals surface area contributed by atoms with Gasteiger partial charge in [-0.25, -0.2) is 0 Å². The van der Waals surface area contributed by atoms with E-state index in [1.54, 1.807) is 3.88 Å². The van der Waals surface area contributed by atoms with Crippen molar-refractivity contribution < 1.29 is 16.6 Å². The predicted molar refractivity (Wildman–Crippen MR) is 85.5 cm³/mol. The molecule has 1 aliphatic rings. The van der Waals surface area contributed by atoms with Crippen molar-refractivity contribution in [3.05, 3.63) is 58.0 Å². The van der Waals surface area contributed by atoms with Crippen LogP contribution in [0.25, 0.3) is 0 Å². The van der Waals surface area contributed by atoms with Gasteiger partial charge in [-0.05, 0) is 0 Å². The van der Waals surface area contributed by atoms with E-state index in [0.717, 1.165) is 0 Å². The summed E-state index contributed by atoms with van der Waals surface area (Å²) >= 11 is -1.74. The monoisotopic (exact) mass is 342 g/mol. The second kappa shape index (κ2) is 9.23. The average Bonchev–Trinajstić information content (AvgIpc) is 2.71. The summed E-state index contributed by atoms with van der Waals surface area (Å²) in [6.45, 7) is 0. The second-order valence-corrected chi connectivity index (χ2v) is 12.3. The van der Waals surface area contributed by atoms with Gasteiger partial charge in [0.05, 0.1) is 0 Å². The zero-order valence-electron chi connectivity index (χ0n) is 10.8. The molecular formula is C14H21Cl3Ti. The molecule has 0 radical (unpaired) electrons. The van der Waals surface area contributed by atoms with Crippen molar-refractivity contribution >= 4 is 37.2 Å². The summed E-state index contributed by atoms with van der Waals surface area (Å²) in [5.41, 5.74) is 1.51. The number of benzene rings is 1. The minimum absolute atomic E-state index is 0. The molecule has 0 saturated heterocycles. The number of rotatable bonds is 3. The topological polar surface area (TPSA) is 0 Å². The van der Waals surface area contributed by atoms with E-state index in [9.17, 15) is 0 Å². The van der Waals surface area contributed by atoms with Gasteiger partial charge in [-0.1, -0.05) is 0 Å². The molecule has 18 heavy (non-hydrogen) atoms. The van der Waals surface area contributed by atoms with Gasteiger partial charge in [-0.2, -0.15) is 0 Å². The third-order valence-electron chi connectivity index (χ3n) is 3.13. The van der Waals surface area contributed by atoms with Crippen LogP contribution in [0.5, 0.6) is 0 Å². The zero-order valence-corrected chi connectivity index (χ0v) is 14.8. The van der Waals surface area contributed by atoms with E-state index in [-0.39, 0.29) is 37.2 Å². The van der Waals surface area contributed by atoms with Gasteiger partial charge in [0.25, 0.3) is 0 Å². The first-order valence-corrected chi connectivity index (χ1v) is 10.6. The van der Waals surface area contributed by atoms with Crippen LogP contribution in [0.1, 0.15) is 12.0 Å². The molecular weight excluding hydrogens is 322 g/mol. The van der Waals surface area contributed by atoms with Crippen molar-refractivity contribution in [3.63, 3.8) is 0 Å². The second-order valence-electron chi connectivity index (χ2n) is 4.87. The molecule has 1 aromatic rings. The Bertz CT molecular complexity index is 397. The van der Waals surface area contributed by atoms with Crippen LogP contribution in [0.3, 0.4) is 0 Å². The Morgan fingerprint density at radius 1 is 1.00 bits per heavy atom. The molecule has 0 heterocycles. The van der Waals surface area contributed by atoms with Crippen molar-refractivity contribution in [1.82, 2.24) is 0 Å². The van der Waals surface area contributed by atoms with Gasteiger partial charge in [0.1, 0.15) is 0 Å². The fraction of sp³-hybridized carbons (Fsp3) is 0.286. The van der Waals surface area contributed by atoms with Gasteiger partial charge in [0.15, 0.2) is 0 Å². The Morgan fingerprint density at radius 2 is 1.61 bits per heavy atom. The maximum absolute atomic E-state index is 2.52. The number of allylic oxidation sites excluding steroid dienone is 4. The fourth-order valence-corrected chi connectivity index (χ4v) is 6.39. The minimum atomic E-state index is -1.74. The van der Waals surface area contributed by atoms with Gasteiger partial charge in [0.2, 0.25) is 0 Å². The van der Waals surface area contributed by atoms with E-state index in [2.05, 4.69) is 59.0 Å². The third kappa shape index (κ3) is 5.51. The number of hydrogen-bond donors (Lipinski definition) is 0. The molecule has 0 saturated carbocycles. The van der Waals surface area contributed by atoms with Gasteiger partial charge >= 0.3 is 96.2 Å². The van der Waals surface area contributed by atoms with Crippen LogP contribution >= 0.6 is 37.2 Å². The predicted octanol–water partition coefficient (Wildman–Crippen LogP) is 5.55.